The summed E-state index contributed by atoms with van der Waals surface area (Å²) in [4.78, 5) is 15.7. The molecule has 0 spiro atoms. The summed E-state index contributed by atoms with van der Waals surface area (Å²) in [6, 6.07) is 7.00. The van der Waals surface area contributed by atoms with Gasteiger partial charge in [0.2, 0.25) is 0 Å². The smallest absolute Gasteiger partial charge is 0.348 e. The summed E-state index contributed by atoms with van der Waals surface area (Å²) in [6.07, 6.45) is 1.54. The summed E-state index contributed by atoms with van der Waals surface area (Å²) in [5.74, 6) is 0.508. The second-order valence-electron chi connectivity index (χ2n) is 4.85. The monoisotopic (exact) mass is 335 g/mol. The lowest BCUT2D eigenvalue weighted by atomic mass is 10.1. The van der Waals surface area contributed by atoms with Crippen LogP contribution in [0.2, 0.25) is 5.02 Å². The van der Waals surface area contributed by atoms with Crippen molar-refractivity contribution < 1.29 is 5.11 Å². The van der Waals surface area contributed by atoms with Crippen molar-refractivity contribution in [2.45, 2.75) is 19.8 Å². The van der Waals surface area contributed by atoms with Gasteiger partial charge in [0.1, 0.15) is 11.4 Å². The molecule has 3 aromatic rings. The third-order valence-corrected chi connectivity index (χ3v) is 4.35. The van der Waals surface area contributed by atoms with Gasteiger partial charge in [-0.05, 0) is 35.6 Å². The number of thiophene rings is 1. The molecule has 22 heavy (non-hydrogen) atoms. The molecule has 0 aliphatic rings. The summed E-state index contributed by atoms with van der Waals surface area (Å²) < 4.78 is 1.15. The van der Waals surface area contributed by atoms with Crippen LogP contribution >= 0.6 is 22.9 Å². The Balaban J connectivity index is 2.14. The van der Waals surface area contributed by atoms with Crippen LogP contribution < -0.4 is 5.69 Å². The maximum absolute atomic E-state index is 12.2. The minimum atomic E-state index is -0.414. The molecule has 0 saturated heterocycles. The fourth-order valence-electron chi connectivity index (χ4n) is 2.27. The SMILES string of the molecule is CCCc1cc(Cl)cc(-n2nc(-c3cccs3)[nH]c2=O)c1O. The summed E-state index contributed by atoms with van der Waals surface area (Å²) >= 11 is 7.58. The van der Waals surface area contributed by atoms with Crippen molar-refractivity contribution in [3.63, 3.8) is 0 Å². The lowest BCUT2D eigenvalue weighted by molar-refractivity contribution is 0.462. The second-order valence-corrected chi connectivity index (χ2v) is 6.23. The molecule has 2 aromatic heterocycles. The van der Waals surface area contributed by atoms with E-state index in [0.717, 1.165) is 16.0 Å². The van der Waals surface area contributed by atoms with Crippen LogP contribution in [0.15, 0.2) is 34.4 Å². The maximum atomic E-state index is 12.2. The number of aromatic hydroxyl groups is 1. The van der Waals surface area contributed by atoms with E-state index in [2.05, 4.69) is 10.1 Å². The van der Waals surface area contributed by atoms with E-state index in [0.29, 0.717) is 28.5 Å². The van der Waals surface area contributed by atoms with Gasteiger partial charge in [0.25, 0.3) is 0 Å². The summed E-state index contributed by atoms with van der Waals surface area (Å²) in [7, 11) is 0. The molecule has 0 aliphatic carbocycles. The molecule has 7 heteroatoms. The molecule has 114 valence electrons. The molecule has 1 aromatic carbocycles. The van der Waals surface area contributed by atoms with Crippen LogP contribution in [0.4, 0.5) is 0 Å². The Hall–Kier alpha value is -2.05. The molecule has 0 fully saturated rings. The highest BCUT2D eigenvalue weighted by Crippen LogP contribution is 2.30. The average molecular weight is 336 g/mol. The van der Waals surface area contributed by atoms with E-state index in [4.69, 9.17) is 11.6 Å². The molecule has 0 saturated carbocycles. The second kappa shape index (κ2) is 5.98. The van der Waals surface area contributed by atoms with Crippen LogP contribution in [0.25, 0.3) is 16.4 Å². The molecule has 0 amide bonds. The van der Waals surface area contributed by atoms with Gasteiger partial charge in [0.05, 0.1) is 4.88 Å². The highest BCUT2D eigenvalue weighted by Gasteiger charge is 2.16. The van der Waals surface area contributed by atoms with Gasteiger partial charge in [-0.1, -0.05) is 31.0 Å². The Morgan fingerprint density at radius 3 is 2.95 bits per heavy atom. The van der Waals surface area contributed by atoms with Gasteiger partial charge in [-0.2, -0.15) is 4.68 Å². The van der Waals surface area contributed by atoms with Crippen molar-refractivity contribution in [3.8, 4) is 22.1 Å². The van der Waals surface area contributed by atoms with E-state index in [1.54, 1.807) is 6.07 Å². The van der Waals surface area contributed by atoms with Crippen molar-refractivity contribution in [3.05, 3.63) is 50.7 Å². The third kappa shape index (κ3) is 2.67. The molecule has 0 bridgehead atoms. The van der Waals surface area contributed by atoms with Crippen molar-refractivity contribution in [1.82, 2.24) is 14.8 Å². The van der Waals surface area contributed by atoms with Crippen molar-refractivity contribution in [2.24, 2.45) is 0 Å². The first-order valence-electron chi connectivity index (χ1n) is 6.85. The quantitative estimate of drug-likeness (QED) is 0.765. The lowest BCUT2D eigenvalue weighted by Gasteiger charge is -2.09. The van der Waals surface area contributed by atoms with Crippen molar-refractivity contribution in [1.29, 1.82) is 0 Å². The number of nitrogens with one attached hydrogen (secondary N) is 1. The molecule has 0 atom stereocenters. The number of hydrogen-bond donors (Lipinski definition) is 2. The largest absolute Gasteiger partial charge is 0.505 e. The third-order valence-electron chi connectivity index (χ3n) is 3.25. The van der Waals surface area contributed by atoms with E-state index in [1.807, 2.05) is 24.4 Å². The summed E-state index contributed by atoms with van der Waals surface area (Å²) in [5, 5.41) is 17.0. The Morgan fingerprint density at radius 2 is 2.27 bits per heavy atom. The predicted molar refractivity (Wildman–Crippen MR) is 88.2 cm³/mol. The number of H-pyrrole nitrogens is 1. The topological polar surface area (TPSA) is 70.9 Å². The van der Waals surface area contributed by atoms with E-state index >= 15 is 0 Å². The van der Waals surface area contributed by atoms with Gasteiger partial charge < -0.3 is 5.11 Å². The van der Waals surface area contributed by atoms with Crippen molar-refractivity contribution in [2.75, 3.05) is 0 Å². The maximum Gasteiger partial charge on any atom is 0.348 e. The number of rotatable bonds is 4. The highest BCUT2D eigenvalue weighted by atomic mass is 35.5. The standard InChI is InChI=1S/C15H14ClN3O2S/c1-2-4-9-7-10(16)8-11(13(9)20)19-15(21)17-14(18-19)12-5-3-6-22-12/h3,5-8,20H,2,4H2,1H3,(H,17,18,21). The number of aromatic amines is 1. The van der Waals surface area contributed by atoms with E-state index in [-0.39, 0.29) is 5.75 Å². The number of aromatic nitrogens is 3. The Kier molecular flexibility index (Phi) is 4.04. The number of aryl methyl sites for hydroxylation is 1. The molecular formula is C15H14ClN3O2S. The molecule has 2 heterocycles. The molecular weight excluding hydrogens is 322 g/mol. The normalized spacial score (nSPS) is 11.0. The summed E-state index contributed by atoms with van der Waals surface area (Å²) in [6.45, 7) is 2.01. The van der Waals surface area contributed by atoms with E-state index in [9.17, 15) is 9.90 Å². The lowest BCUT2D eigenvalue weighted by Crippen LogP contribution is -2.16. The molecule has 2 N–H and O–H groups in total. The molecule has 0 radical (unpaired) electrons. The Bertz CT molecular complexity index is 852. The number of hydrogen-bond acceptors (Lipinski definition) is 4. The van der Waals surface area contributed by atoms with Crippen LogP contribution in [0.1, 0.15) is 18.9 Å². The molecule has 0 unspecified atom stereocenters. The van der Waals surface area contributed by atoms with Gasteiger partial charge >= 0.3 is 5.69 Å². The van der Waals surface area contributed by atoms with Crippen molar-refractivity contribution >= 4 is 22.9 Å². The van der Waals surface area contributed by atoms with Crippen LogP contribution in [0.3, 0.4) is 0 Å². The minimum absolute atomic E-state index is 0.0394. The van der Waals surface area contributed by atoms with Gasteiger partial charge in [0.15, 0.2) is 5.82 Å². The zero-order valence-electron chi connectivity index (χ0n) is 11.8. The number of nitrogens with zero attached hydrogens (tertiary/aromatic N) is 2. The van der Waals surface area contributed by atoms with Crippen LogP contribution in [0.5, 0.6) is 5.75 Å². The van der Waals surface area contributed by atoms with Crippen LogP contribution in [-0.2, 0) is 6.42 Å². The molecule has 3 rings (SSSR count). The Labute approximate surface area is 135 Å². The zero-order valence-corrected chi connectivity index (χ0v) is 13.4. The Morgan fingerprint density at radius 1 is 1.45 bits per heavy atom. The zero-order chi connectivity index (χ0) is 15.7. The van der Waals surface area contributed by atoms with Gasteiger partial charge in [0, 0.05) is 5.02 Å². The first kappa shape index (κ1) is 14.9. The fourth-order valence-corrected chi connectivity index (χ4v) is 3.17. The number of halogens is 1. The van der Waals surface area contributed by atoms with Crippen LogP contribution in [-0.4, -0.2) is 19.9 Å². The minimum Gasteiger partial charge on any atom is -0.505 e. The van der Waals surface area contributed by atoms with E-state index in [1.165, 1.54) is 17.4 Å². The van der Waals surface area contributed by atoms with Gasteiger partial charge in [-0.15, -0.1) is 16.4 Å². The number of phenols is 1. The van der Waals surface area contributed by atoms with Gasteiger partial charge in [-0.25, -0.2) is 4.79 Å². The molecule has 5 nitrogen and oxygen atoms in total. The van der Waals surface area contributed by atoms with Gasteiger partial charge in [-0.3, -0.25) is 4.98 Å². The number of phenolic OH excluding ortho intramolecular Hbond substituents is 1. The van der Waals surface area contributed by atoms with Crippen LogP contribution in [0, 0.1) is 0 Å². The fraction of sp³-hybridized carbons (Fsp3) is 0.200. The predicted octanol–water partition coefficient (Wildman–Crippen LogP) is 3.60. The summed E-state index contributed by atoms with van der Waals surface area (Å²) in [5.41, 5.74) is 0.584. The highest BCUT2D eigenvalue weighted by molar-refractivity contribution is 7.13. The van der Waals surface area contributed by atoms with E-state index < -0.39 is 5.69 Å². The average Bonchev–Trinajstić information content (AvgIpc) is 3.12. The molecule has 0 aliphatic heterocycles. The first-order chi connectivity index (χ1) is 10.6. The first-order valence-corrected chi connectivity index (χ1v) is 8.11. The number of benzene rings is 1.